The summed E-state index contributed by atoms with van der Waals surface area (Å²) < 4.78 is 13.7. The second-order valence-electron chi connectivity index (χ2n) is 9.74. The minimum absolute atomic E-state index is 0.175. The summed E-state index contributed by atoms with van der Waals surface area (Å²) in [5, 5.41) is 4.11. The molecular weight excluding hydrogens is 458 g/mol. The SMILES string of the molecule is Cc1c2c(=O)[nH]c(C(=O)Nc3ccccc3Oc3ccccc3)cc2cn1COCC[Si](C)(C)C. The summed E-state index contributed by atoms with van der Waals surface area (Å²) >= 11 is 0. The van der Waals surface area contributed by atoms with E-state index < -0.39 is 14.0 Å². The molecule has 0 spiro atoms. The number of para-hydroxylation sites is 3. The molecule has 35 heavy (non-hydrogen) atoms. The predicted octanol–water partition coefficient (Wildman–Crippen LogP) is 5.99. The smallest absolute Gasteiger partial charge is 0.272 e. The van der Waals surface area contributed by atoms with Gasteiger partial charge >= 0.3 is 0 Å². The monoisotopic (exact) mass is 489 g/mol. The predicted molar refractivity (Wildman–Crippen MR) is 142 cm³/mol. The number of H-pyrrole nitrogens is 1. The minimum atomic E-state index is -1.17. The zero-order valence-corrected chi connectivity index (χ0v) is 21.6. The number of ether oxygens (including phenoxy) is 2. The molecule has 0 saturated heterocycles. The Morgan fingerprint density at radius 2 is 1.77 bits per heavy atom. The maximum atomic E-state index is 13.0. The topological polar surface area (TPSA) is 85.4 Å². The Balaban J connectivity index is 1.53. The third-order valence-corrected chi connectivity index (χ3v) is 7.43. The first-order valence-electron chi connectivity index (χ1n) is 11.6. The van der Waals surface area contributed by atoms with Crippen molar-refractivity contribution in [3.63, 3.8) is 0 Å². The third kappa shape index (κ3) is 6.09. The number of pyridine rings is 1. The molecule has 1 amide bonds. The number of carbonyl (C=O) groups is 1. The van der Waals surface area contributed by atoms with Crippen LogP contribution in [0.4, 0.5) is 5.69 Å². The lowest BCUT2D eigenvalue weighted by molar-refractivity contribution is 0.0864. The highest BCUT2D eigenvalue weighted by molar-refractivity contribution is 6.76. The molecule has 0 radical (unpaired) electrons. The van der Waals surface area contributed by atoms with Crippen molar-refractivity contribution in [3.8, 4) is 11.5 Å². The summed E-state index contributed by atoms with van der Waals surface area (Å²) in [7, 11) is -1.17. The molecule has 2 N–H and O–H groups in total. The molecule has 4 rings (SSSR count). The van der Waals surface area contributed by atoms with Gasteiger partial charge in [-0.05, 0) is 43.3 Å². The van der Waals surface area contributed by atoms with Crippen molar-refractivity contribution in [2.45, 2.75) is 39.3 Å². The number of fused-ring (bicyclic) bond motifs is 1. The van der Waals surface area contributed by atoms with Crippen LogP contribution in [0.2, 0.25) is 25.7 Å². The average Bonchev–Trinajstić information content (AvgIpc) is 3.14. The number of nitrogens with zero attached hydrogens (tertiary/aromatic N) is 1. The molecule has 4 aromatic rings. The molecule has 0 aliphatic rings. The number of anilines is 1. The van der Waals surface area contributed by atoms with E-state index in [-0.39, 0.29) is 11.3 Å². The summed E-state index contributed by atoms with van der Waals surface area (Å²) in [6.07, 6.45) is 1.86. The van der Waals surface area contributed by atoms with E-state index in [2.05, 4.69) is 29.9 Å². The maximum Gasteiger partial charge on any atom is 0.272 e. The van der Waals surface area contributed by atoms with Crippen molar-refractivity contribution in [3.05, 3.63) is 88.6 Å². The Bertz CT molecular complexity index is 1390. The second kappa shape index (κ2) is 10.3. The van der Waals surface area contributed by atoms with Crippen LogP contribution in [0.3, 0.4) is 0 Å². The number of aromatic amines is 1. The Morgan fingerprint density at radius 1 is 1.06 bits per heavy atom. The van der Waals surface area contributed by atoms with Crippen LogP contribution in [-0.2, 0) is 11.5 Å². The quantitative estimate of drug-likeness (QED) is 0.223. The van der Waals surface area contributed by atoms with E-state index in [0.717, 1.165) is 11.7 Å². The fraction of sp³-hybridized carbons (Fsp3) is 0.259. The second-order valence-corrected chi connectivity index (χ2v) is 15.4. The van der Waals surface area contributed by atoms with Gasteiger partial charge in [-0.1, -0.05) is 50.0 Å². The van der Waals surface area contributed by atoms with E-state index >= 15 is 0 Å². The van der Waals surface area contributed by atoms with Gasteiger partial charge in [0.05, 0.1) is 11.1 Å². The molecule has 2 heterocycles. The Morgan fingerprint density at radius 3 is 2.51 bits per heavy atom. The lowest BCUT2D eigenvalue weighted by Gasteiger charge is -2.15. The van der Waals surface area contributed by atoms with Gasteiger partial charge in [0.15, 0.2) is 5.75 Å². The van der Waals surface area contributed by atoms with Crippen LogP contribution in [0, 0.1) is 6.92 Å². The van der Waals surface area contributed by atoms with Crippen LogP contribution in [0.25, 0.3) is 10.8 Å². The summed E-state index contributed by atoms with van der Waals surface area (Å²) in [6.45, 7) is 9.88. The summed E-state index contributed by atoms with van der Waals surface area (Å²) in [6, 6.07) is 19.3. The number of carbonyl (C=O) groups excluding carboxylic acids is 1. The zero-order chi connectivity index (χ0) is 25.0. The Labute approximate surface area is 205 Å². The van der Waals surface area contributed by atoms with Gasteiger partial charge < -0.3 is 24.3 Å². The molecule has 0 unspecified atom stereocenters. The van der Waals surface area contributed by atoms with E-state index in [4.69, 9.17) is 9.47 Å². The molecule has 0 aliphatic heterocycles. The van der Waals surface area contributed by atoms with Crippen LogP contribution >= 0.6 is 0 Å². The van der Waals surface area contributed by atoms with Gasteiger partial charge in [-0.25, -0.2) is 0 Å². The van der Waals surface area contributed by atoms with Crippen LogP contribution in [-0.4, -0.2) is 30.1 Å². The largest absolute Gasteiger partial charge is 0.455 e. The van der Waals surface area contributed by atoms with E-state index in [1.165, 1.54) is 0 Å². The van der Waals surface area contributed by atoms with Gasteiger partial charge in [-0.2, -0.15) is 0 Å². The van der Waals surface area contributed by atoms with Gasteiger partial charge in [-0.3, -0.25) is 9.59 Å². The van der Waals surface area contributed by atoms with Crippen molar-refractivity contribution in [1.82, 2.24) is 9.55 Å². The first-order chi connectivity index (χ1) is 16.7. The normalized spacial score (nSPS) is 11.5. The number of aryl methyl sites for hydroxylation is 1. The number of rotatable bonds is 9. The fourth-order valence-corrected chi connectivity index (χ4v) is 4.48. The molecule has 0 fully saturated rings. The van der Waals surface area contributed by atoms with E-state index in [9.17, 15) is 9.59 Å². The molecule has 2 aromatic carbocycles. The van der Waals surface area contributed by atoms with Crippen molar-refractivity contribution < 1.29 is 14.3 Å². The first-order valence-corrected chi connectivity index (χ1v) is 15.4. The Kier molecular flexibility index (Phi) is 7.23. The highest BCUT2D eigenvalue weighted by atomic mass is 28.3. The van der Waals surface area contributed by atoms with Gasteiger partial charge in [-0.15, -0.1) is 0 Å². The van der Waals surface area contributed by atoms with Crippen LogP contribution in [0.5, 0.6) is 11.5 Å². The Hall–Kier alpha value is -3.62. The lowest BCUT2D eigenvalue weighted by atomic mass is 10.2. The highest BCUT2D eigenvalue weighted by Gasteiger charge is 2.17. The molecule has 7 nitrogen and oxygen atoms in total. The molecule has 182 valence electrons. The number of aromatic nitrogens is 2. The molecule has 8 heteroatoms. The van der Waals surface area contributed by atoms with Crippen molar-refractivity contribution in [2.24, 2.45) is 0 Å². The highest BCUT2D eigenvalue weighted by Crippen LogP contribution is 2.29. The van der Waals surface area contributed by atoms with Gasteiger partial charge in [0.25, 0.3) is 11.5 Å². The average molecular weight is 490 g/mol. The van der Waals surface area contributed by atoms with Gasteiger partial charge in [0.1, 0.15) is 18.2 Å². The number of hydrogen-bond donors (Lipinski definition) is 2. The molecule has 0 atom stereocenters. The number of amides is 1. The lowest BCUT2D eigenvalue weighted by Crippen LogP contribution is -2.22. The number of hydrogen-bond acceptors (Lipinski definition) is 4. The number of benzene rings is 2. The molecule has 0 aliphatic carbocycles. The fourth-order valence-electron chi connectivity index (χ4n) is 3.72. The molecular formula is C27H31N3O4Si. The van der Waals surface area contributed by atoms with Crippen LogP contribution < -0.4 is 15.6 Å². The minimum Gasteiger partial charge on any atom is -0.455 e. The molecule has 2 aromatic heterocycles. The first kappa shape index (κ1) is 24.5. The van der Waals surface area contributed by atoms with E-state index in [0.29, 0.717) is 41.3 Å². The van der Waals surface area contributed by atoms with Gasteiger partial charge in [0, 0.05) is 32.0 Å². The molecule has 0 bridgehead atoms. The standard InChI is InChI=1S/C27H31N3O4Si/c1-19-25-20(17-30(19)18-33-14-15-35(2,3)4)16-23(29-27(25)32)26(31)28-22-12-8-9-13-24(22)34-21-10-6-5-7-11-21/h5-13,16-17H,14-15,18H2,1-4H3,(H,28,31)(H,29,32). The van der Waals surface area contributed by atoms with Crippen molar-refractivity contribution >= 4 is 30.4 Å². The maximum absolute atomic E-state index is 13.0. The summed E-state index contributed by atoms with van der Waals surface area (Å²) in [5.41, 5.74) is 1.18. The van der Waals surface area contributed by atoms with E-state index in [1.807, 2.05) is 60.2 Å². The van der Waals surface area contributed by atoms with Crippen LogP contribution in [0.15, 0.2) is 71.7 Å². The third-order valence-electron chi connectivity index (χ3n) is 5.73. The van der Waals surface area contributed by atoms with Crippen LogP contribution in [0.1, 0.15) is 16.2 Å². The van der Waals surface area contributed by atoms with Gasteiger partial charge in [0.2, 0.25) is 0 Å². The van der Waals surface area contributed by atoms with E-state index in [1.54, 1.807) is 18.2 Å². The van der Waals surface area contributed by atoms with Crippen molar-refractivity contribution in [1.29, 1.82) is 0 Å². The number of nitrogens with one attached hydrogen (secondary N) is 2. The summed E-state index contributed by atoms with van der Waals surface area (Å²) in [4.78, 5) is 28.6. The molecule has 0 saturated carbocycles. The zero-order valence-electron chi connectivity index (χ0n) is 20.6. The van der Waals surface area contributed by atoms with Crippen molar-refractivity contribution in [2.75, 3.05) is 11.9 Å². The summed E-state index contributed by atoms with van der Waals surface area (Å²) in [5.74, 6) is 0.741.